The van der Waals surface area contributed by atoms with Crippen molar-refractivity contribution < 1.29 is 27.8 Å². The molecule has 1 aromatic rings. The van der Waals surface area contributed by atoms with Gasteiger partial charge in [0.2, 0.25) is 0 Å². The number of alkyl halides is 3. The summed E-state index contributed by atoms with van der Waals surface area (Å²) < 4.78 is 39.1. The van der Waals surface area contributed by atoms with Gasteiger partial charge in [-0.3, -0.25) is 0 Å². The van der Waals surface area contributed by atoms with Crippen LogP contribution in [0.1, 0.15) is 24.8 Å². The minimum atomic E-state index is -5.08. The molecule has 2 heterocycles. The molecule has 0 bridgehead atoms. The van der Waals surface area contributed by atoms with Gasteiger partial charge in [0.15, 0.2) is 0 Å². The second-order valence-corrected chi connectivity index (χ2v) is 6.51. The fourth-order valence-electron chi connectivity index (χ4n) is 2.72. The minimum Gasteiger partial charge on any atom is -0.487 e. The highest BCUT2D eigenvalue weighted by molar-refractivity contribution is 9.10. The van der Waals surface area contributed by atoms with Crippen LogP contribution in [0.4, 0.5) is 13.2 Å². The van der Waals surface area contributed by atoms with E-state index >= 15 is 0 Å². The Morgan fingerprint density at radius 3 is 2.43 bits per heavy atom. The lowest BCUT2D eigenvalue weighted by Crippen LogP contribution is -2.48. The van der Waals surface area contributed by atoms with Crippen LogP contribution in [0.3, 0.4) is 0 Å². The van der Waals surface area contributed by atoms with Gasteiger partial charge in [-0.1, -0.05) is 15.9 Å². The molecule has 23 heavy (non-hydrogen) atoms. The smallest absolute Gasteiger partial charge is 0.487 e. The van der Waals surface area contributed by atoms with Crippen LogP contribution < -0.4 is 10.1 Å². The Kier molecular flexibility index (Phi) is 5.57. The van der Waals surface area contributed by atoms with Crippen molar-refractivity contribution in [2.24, 2.45) is 0 Å². The summed E-state index contributed by atoms with van der Waals surface area (Å²) in [4.78, 5) is 8.90. The number of halogens is 4. The average molecular weight is 396 g/mol. The topological polar surface area (TPSA) is 58.6 Å². The third kappa shape index (κ3) is 4.84. The second kappa shape index (κ2) is 7.09. The van der Waals surface area contributed by atoms with E-state index in [1.807, 2.05) is 0 Å². The number of hydrogen-bond acceptors (Lipinski definition) is 3. The van der Waals surface area contributed by atoms with E-state index in [9.17, 15) is 13.2 Å². The SMILES string of the molecule is Brc1ccc2c(c1)CCC1(CCNCC1)O2.O=C(O)C(F)(F)F. The van der Waals surface area contributed by atoms with Gasteiger partial charge in [0.25, 0.3) is 0 Å². The van der Waals surface area contributed by atoms with E-state index in [1.54, 1.807) is 0 Å². The van der Waals surface area contributed by atoms with Crippen molar-refractivity contribution in [2.45, 2.75) is 37.5 Å². The quantitative estimate of drug-likeness (QED) is 0.705. The molecule has 2 N–H and O–H groups in total. The number of aliphatic carboxylic acids is 1. The van der Waals surface area contributed by atoms with Crippen LogP contribution in [-0.2, 0) is 11.2 Å². The Morgan fingerprint density at radius 2 is 1.87 bits per heavy atom. The Morgan fingerprint density at radius 1 is 1.26 bits per heavy atom. The molecule has 0 saturated carbocycles. The summed E-state index contributed by atoms with van der Waals surface area (Å²) in [5.74, 6) is -1.66. The predicted molar refractivity (Wildman–Crippen MR) is 81.6 cm³/mol. The van der Waals surface area contributed by atoms with Gasteiger partial charge in [0.05, 0.1) is 0 Å². The maximum atomic E-state index is 10.6. The summed E-state index contributed by atoms with van der Waals surface area (Å²) in [6.07, 6.45) is -0.488. The van der Waals surface area contributed by atoms with Crippen molar-refractivity contribution in [2.75, 3.05) is 13.1 Å². The summed E-state index contributed by atoms with van der Waals surface area (Å²) >= 11 is 3.51. The van der Waals surface area contributed by atoms with Gasteiger partial charge in [0.1, 0.15) is 11.4 Å². The first kappa shape index (κ1) is 18.1. The van der Waals surface area contributed by atoms with E-state index in [2.05, 4.69) is 39.4 Å². The number of rotatable bonds is 0. The first-order valence-electron chi connectivity index (χ1n) is 7.20. The number of fused-ring (bicyclic) bond motifs is 1. The molecule has 0 atom stereocenters. The zero-order valence-electron chi connectivity index (χ0n) is 12.3. The lowest BCUT2D eigenvalue weighted by Gasteiger charge is -2.41. The maximum Gasteiger partial charge on any atom is 0.490 e. The molecule has 0 aromatic heterocycles. The van der Waals surface area contributed by atoms with Crippen LogP contribution in [0.5, 0.6) is 5.75 Å². The number of aryl methyl sites for hydroxylation is 1. The van der Waals surface area contributed by atoms with Gasteiger partial charge in [-0.2, -0.15) is 13.2 Å². The number of carboxylic acid groups (broad SMARTS) is 1. The van der Waals surface area contributed by atoms with Crippen molar-refractivity contribution in [3.63, 3.8) is 0 Å². The Bertz CT molecular complexity index is 572. The summed E-state index contributed by atoms with van der Waals surface area (Å²) in [6, 6.07) is 6.35. The summed E-state index contributed by atoms with van der Waals surface area (Å²) in [5.41, 5.74) is 1.46. The van der Waals surface area contributed by atoms with Crippen molar-refractivity contribution >= 4 is 21.9 Å². The number of piperidine rings is 1. The fourth-order valence-corrected chi connectivity index (χ4v) is 3.13. The van der Waals surface area contributed by atoms with Crippen molar-refractivity contribution in [1.29, 1.82) is 0 Å². The molecular formula is C15H17BrF3NO3. The van der Waals surface area contributed by atoms with Gasteiger partial charge in [0, 0.05) is 4.47 Å². The molecule has 128 valence electrons. The Hall–Kier alpha value is -1.28. The molecule has 0 aliphatic carbocycles. The largest absolute Gasteiger partial charge is 0.490 e. The van der Waals surface area contributed by atoms with E-state index in [1.165, 1.54) is 5.56 Å². The predicted octanol–water partition coefficient (Wildman–Crippen LogP) is 3.53. The third-order valence-corrected chi connectivity index (χ3v) is 4.45. The van der Waals surface area contributed by atoms with E-state index in [0.29, 0.717) is 0 Å². The van der Waals surface area contributed by atoms with Crippen LogP contribution in [0, 0.1) is 0 Å². The van der Waals surface area contributed by atoms with Crippen LogP contribution in [0.2, 0.25) is 0 Å². The third-order valence-electron chi connectivity index (χ3n) is 3.96. The lowest BCUT2D eigenvalue weighted by atomic mass is 9.84. The molecular weight excluding hydrogens is 379 g/mol. The van der Waals surface area contributed by atoms with E-state index in [4.69, 9.17) is 14.6 Å². The normalized spacial score (nSPS) is 19.1. The number of hydrogen-bond donors (Lipinski definition) is 2. The van der Waals surface area contributed by atoms with Gasteiger partial charge in [-0.05, 0) is 62.5 Å². The molecule has 0 radical (unpaired) electrons. The van der Waals surface area contributed by atoms with Gasteiger partial charge in [-0.25, -0.2) is 4.79 Å². The van der Waals surface area contributed by atoms with Gasteiger partial charge in [-0.15, -0.1) is 0 Å². The van der Waals surface area contributed by atoms with Crippen LogP contribution in [-0.4, -0.2) is 35.9 Å². The zero-order chi connectivity index (χ0) is 17.1. The van der Waals surface area contributed by atoms with Crippen LogP contribution >= 0.6 is 15.9 Å². The highest BCUT2D eigenvalue weighted by Gasteiger charge is 2.38. The molecule has 8 heteroatoms. The molecule has 2 aliphatic heterocycles. The molecule has 1 fully saturated rings. The Balaban J connectivity index is 0.000000236. The number of carboxylic acids is 1. The Labute approximate surface area is 140 Å². The fraction of sp³-hybridized carbons (Fsp3) is 0.533. The first-order valence-corrected chi connectivity index (χ1v) is 7.99. The monoisotopic (exact) mass is 395 g/mol. The highest BCUT2D eigenvalue weighted by Crippen LogP contribution is 2.38. The van der Waals surface area contributed by atoms with Gasteiger partial charge >= 0.3 is 12.1 Å². The molecule has 1 spiro atoms. The first-order chi connectivity index (χ1) is 10.7. The van der Waals surface area contributed by atoms with Crippen molar-refractivity contribution in [3.8, 4) is 5.75 Å². The van der Waals surface area contributed by atoms with E-state index in [0.717, 1.165) is 49.0 Å². The van der Waals surface area contributed by atoms with Crippen LogP contribution in [0.15, 0.2) is 22.7 Å². The average Bonchev–Trinajstić information content (AvgIpc) is 2.48. The van der Waals surface area contributed by atoms with E-state index < -0.39 is 12.1 Å². The van der Waals surface area contributed by atoms with Crippen molar-refractivity contribution in [3.05, 3.63) is 28.2 Å². The molecule has 3 rings (SSSR count). The number of ether oxygens (including phenoxy) is 1. The number of nitrogens with one attached hydrogen (secondary N) is 1. The minimum absolute atomic E-state index is 0.117. The lowest BCUT2D eigenvalue weighted by molar-refractivity contribution is -0.192. The molecule has 1 saturated heterocycles. The standard InChI is InChI=1S/C13H16BrNO.C2HF3O2/c14-11-1-2-12-10(9-11)3-4-13(16-12)5-7-15-8-6-13;3-2(4,5)1(6)7/h1-2,9,15H,3-8H2;(H,6,7). The number of carbonyl (C=O) groups is 1. The summed E-state index contributed by atoms with van der Waals surface area (Å²) in [5, 5.41) is 10.5. The maximum absolute atomic E-state index is 10.6. The molecule has 4 nitrogen and oxygen atoms in total. The van der Waals surface area contributed by atoms with Crippen LogP contribution in [0.25, 0.3) is 0 Å². The zero-order valence-corrected chi connectivity index (χ0v) is 13.8. The van der Waals surface area contributed by atoms with Gasteiger partial charge < -0.3 is 15.2 Å². The van der Waals surface area contributed by atoms with E-state index in [-0.39, 0.29) is 5.60 Å². The summed E-state index contributed by atoms with van der Waals surface area (Å²) in [6.45, 7) is 2.18. The highest BCUT2D eigenvalue weighted by atomic mass is 79.9. The molecule has 1 aromatic carbocycles. The molecule has 0 amide bonds. The second-order valence-electron chi connectivity index (χ2n) is 5.59. The molecule has 0 unspecified atom stereocenters. The molecule has 2 aliphatic rings. The number of benzene rings is 1. The summed E-state index contributed by atoms with van der Waals surface area (Å²) in [7, 11) is 0. The van der Waals surface area contributed by atoms with Crippen molar-refractivity contribution in [1.82, 2.24) is 5.32 Å².